The SMILES string of the molecule is O=C(O)c1nnc2ccccc2c1NCc1nccs1. The highest BCUT2D eigenvalue weighted by atomic mass is 32.1. The largest absolute Gasteiger partial charge is 0.476 e. The van der Waals surface area contributed by atoms with Crippen molar-refractivity contribution >= 4 is 33.9 Å². The number of carboxylic acids is 1. The van der Waals surface area contributed by atoms with Gasteiger partial charge in [-0.3, -0.25) is 0 Å². The Kier molecular flexibility index (Phi) is 3.26. The zero-order valence-corrected chi connectivity index (χ0v) is 11.1. The number of anilines is 1. The van der Waals surface area contributed by atoms with E-state index >= 15 is 0 Å². The molecular weight excluding hydrogens is 276 g/mol. The van der Waals surface area contributed by atoms with Crippen molar-refractivity contribution in [1.82, 2.24) is 15.2 Å². The Labute approximate surface area is 118 Å². The average Bonchev–Trinajstić information content (AvgIpc) is 2.97. The number of hydrogen-bond acceptors (Lipinski definition) is 6. The summed E-state index contributed by atoms with van der Waals surface area (Å²) < 4.78 is 0. The molecule has 2 N–H and O–H groups in total. The molecule has 0 saturated carbocycles. The first-order valence-corrected chi connectivity index (χ1v) is 6.74. The molecule has 0 aliphatic heterocycles. The molecule has 3 rings (SSSR count). The minimum Gasteiger partial charge on any atom is -0.476 e. The molecule has 0 aliphatic carbocycles. The van der Waals surface area contributed by atoms with Crippen molar-refractivity contribution in [3.63, 3.8) is 0 Å². The fourth-order valence-electron chi connectivity index (χ4n) is 1.89. The predicted octanol–water partition coefficient (Wildman–Crippen LogP) is 2.40. The van der Waals surface area contributed by atoms with Crippen LogP contribution in [0.15, 0.2) is 35.8 Å². The maximum absolute atomic E-state index is 11.3. The lowest BCUT2D eigenvalue weighted by atomic mass is 10.1. The number of aromatic nitrogens is 3. The zero-order chi connectivity index (χ0) is 13.9. The van der Waals surface area contributed by atoms with Crippen LogP contribution in [0.25, 0.3) is 10.9 Å². The number of thiazole rings is 1. The van der Waals surface area contributed by atoms with Crippen LogP contribution in [0.2, 0.25) is 0 Å². The number of fused-ring (bicyclic) bond motifs is 1. The van der Waals surface area contributed by atoms with Crippen molar-refractivity contribution in [1.29, 1.82) is 0 Å². The summed E-state index contributed by atoms with van der Waals surface area (Å²) in [5, 5.41) is 23.5. The molecule has 0 bridgehead atoms. The van der Waals surface area contributed by atoms with Gasteiger partial charge in [0.2, 0.25) is 0 Å². The maximum Gasteiger partial charge on any atom is 0.358 e. The predicted molar refractivity (Wildman–Crippen MR) is 75.9 cm³/mol. The van der Waals surface area contributed by atoms with Gasteiger partial charge >= 0.3 is 5.97 Å². The van der Waals surface area contributed by atoms with E-state index in [0.717, 1.165) is 10.4 Å². The second kappa shape index (κ2) is 5.22. The molecule has 100 valence electrons. The molecule has 0 atom stereocenters. The lowest BCUT2D eigenvalue weighted by Crippen LogP contribution is -2.10. The van der Waals surface area contributed by atoms with E-state index in [1.54, 1.807) is 12.3 Å². The number of nitrogens with one attached hydrogen (secondary N) is 1. The molecule has 6 nitrogen and oxygen atoms in total. The van der Waals surface area contributed by atoms with Crippen molar-refractivity contribution in [3.8, 4) is 0 Å². The van der Waals surface area contributed by atoms with Gasteiger partial charge in [0.15, 0.2) is 5.69 Å². The summed E-state index contributed by atoms with van der Waals surface area (Å²) in [7, 11) is 0. The van der Waals surface area contributed by atoms with Gasteiger partial charge in [0.05, 0.1) is 17.7 Å². The van der Waals surface area contributed by atoms with Gasteiger partial charge in [-0.2, -0.15) is 0 Å². The molecule has 0 saturated heterocycles. The third-order valence-electron chi connectivity index (χ3n) is 2.77. The number of benzene rings is 1. The van der Waals surface area contributed by atoms with Crippen molar-refractivity contribution in [2.75, 3.05) is 5.32 Å². The Morgan fingerprint density at radius 3 is 2.90 bits per heavy atom. The molecule has 0 amide bonds. The fraction of sp³-hybridized carbons (Fsp3) is 0.0769. The minimum atomic E-state index is -1.11. The number of nitrogens with zero attached hydrogens (tertiary/aromatic N) is 3. The van der Waals surface area contributed by atoms with Crippen LogP contribution < -0.4 is 5.32 Å². The Morgan fingerprint density at radius 1 is 1.30 bits per heavy atom. The van der Waals surface area contributed by atoms with Crippen LogP contribution in [0, 0.1) is 0 Å². The van der Waals surface area contributed by atoms with Gasteiger partial charge in [-0.25, -0.2) is 9.78 Å². The van der Waals surface area contributed by atoms with Crippen molar-refractivity contribution in [2.24, 2.45) is 0 Å². The molecule has 3 aromatic rings. The second-order valence-electron chi connectivity index (χ2n) is 4.03. The molecule has 7 heteroatoms. The molecule has 1 aromatic carbocycles. The summed E-state index contributed by atoms with van der Waals surface area (Å²) in [6, 6.07) is 7.29. The number of carbonyl (C=O) groups is 1. The van der Waals surface area contributed by atoms with Gasteiger partial charge in [-0.1, -0.05) is 18.2 Å². The Hall–Kier alpha value is -2.54. The lowest BCUT2D eigenvalue weighted by Gasteiger charge is -2.10. The van der Waals surface area contributed by atoms with Crippen LogP contribution in [-0.4, -0.2) is 26.3 Å². The highest BCUT2D eigenvalue weighted by Crippen LogP contribution is 2.25. The molecule has 2 aromatic heterocycles. The van der Waals surface area contributed by atoms with Gasteiger partial charge < -0.3 is 10.4 Å². The van der Waals surface area contributed by atoms with Gasteiger partial charge in [0.1, 0.15) is 5.01 Å². The van der Waals surface area contributed by atoms with E-state index in [1.165, 1.54) is 11.3 Å². The number of aromatic carboxylic acids is 1. The van der Waals surface area contributed by atoms with Crippen LogP contribution >= 0.6 is 11.3 Å². The first-order valence-electron chi connectivity index (χ1n) is 5.86. The average molecular weight is 286 g/mol. The van der Waals surface area contributed by atoms with Gasteiger partial charge in [-0.15, -0.1) is 21.5 Å². The van der Waals surface area contributed by atoms with Crippen LogP contribution in [-0.2, 0) is 6.54 Å². The number of hydrogen-bond donors (Lipinski definition) is 2. The van der Waals surface area contributed by atoms with Crippen LogP contribution in [0.1, 0.15) is 15.5 Å². The summed E-state index contributed by atoms with van der Waals surface area (Å²) in [4.78, 5) is 15.4. The topological polar surface area (TPSA) is 88.0 Å². The van der Waals surface area contributed by atoms with E-state index in [2.05, 4.69) is 20.5 Å². The van der Waals surface area contributed by atoms with Gasteiger partial charge in [0, 0.05) is 17.0 Å². The highest BCUT2D eigenvalue weighted by Gasteiger charge is 2.16. The highest BCUT2D eigenvalue weighted by molar-refractivity contribution is 7.09. The molecule has 2 heterocycles. The summed E-state index contributed by atoms with van der Waals surface area (Å²) >= 11 is 1.50. The summed E-state index contributed by atoms with van der Waals surface area (Å²) in [6.45, 7) is 0.452. The number of rotatable bonds is 4. The van der Waals surface area contributed by atoms with Crippen molar-refractivity contribution < 1.29 is 9.90 Å². The third kappa shape index (κ3) is 2.30. The quantitative estimate of drug-likeness (QED) is 0.765. The Morgan fingerprint density at radius 2 is 2.15 bits per heavy atom. The van der Waals surface area contributed by atoms with E-state index in [1.807, 2.05) is 23.6 Å². The van der Waals surface area contributed by atoms with Gasteiger partial charge in [-0.05, 0) is 6.07 Å². The molecule has 0 aliphatic rings. The molecule has 0 radical (unpaired) electrons. The Bertz CT molecular complexity index is 758. The minimum absolute atomic E-state index is 0.0831. The molecule has 0 fully saturated rings. The fourth-order valence-corrected chi connectivity index (χ4v) is 2.44. The first-order chi connectivity index (χ1) is 9.75. The van der Waals surface area contributed by atoms with Crippen molar-refractivity contribution in [3.05, 3.63) is 46.5 Å². The summed E-state index contributed by atoms with van der Waals surface area (Å²) in [6.07, 6.45) is 1.71. The first kappa shape index (κ1) is 12.5. The standard InChI is InChI=1S/C13H10N4O2S/c18-13(19)12-11(15-7-10-14-5-6-20-10)8-3-1-2-4-9(8)16-17-12/h1-6H,7H2,(H,15,16)(H,18,19). The number of carboxylic acid groups (broad SMARTS) is 1. The van der Waals surface area contributed by atoms with Crippen LogP contribution in [0.3, 0.4) is 0 Å². The lowest BCUT2D eigenvalue weighted by molar-refractivity contribution is 0.0690. The smallest absolute Gasteiger partial charge is 0.358 e. The Balaban J connectivity index is 2.05. The molecule has 0 spiro atoms. The molecule has 20 heavy (non-hydrogen) atoms. The van der Waals surface area contributed by atoms with Crippen molar-refractivity contribution in [2.45, 2.75) is 6.54 Å². The van der Waals surface area contributed by atoms with E-state index in [4.69, 9.17) is 0 Å². The maximum atomic E-state index is 11.3. The molecule has 0 unspecified atom stereocenters. The van der Waals surface area contributed by atoms with Crippen LogP contribution in [0.5, 0.6) is 0 Å². The molecular formula is C13H10N4O2S. The monoisotopic (exact) mass is 286 g/mol. The van der Waals surface area contributed by atoms with E-state index in [9.17, 15) is 9.90 Å². The van der Waals surface area contributed by atoms with E-state index < -0.39 is 5.97 Å². The third-order valence-corrected chi connectivity index (χ3v) is 3.55. The van der Waals surface area contributed by atoms with E-state index in [0.29, 0.717) is 17.7 Å². The second-order valence-corrected chi connectivity index (χ2v) is 5.00. The summed E-state index contributed by atoms with van der Waals surface area (Å²) in [5.41, 5.74) is 1.04. The van der Waals surface area contributed by atoms with Gasteiger partial charge in [0.25, 0.3) is 0 Å². The van der Waals surface area contributed by atoms with E-state index in [-0.39, 0.29) is 5.69 Å². The van der Waals surface area contributed by atoms with Crippen LogP contribution in [0.4, 0.5) is 5.69 Å². The zero-order valence-electron chi connectivity index (χ0n) is 10.3. The summed E-state index contributed by atoms with van der Waals surface area (Å²) in [5.74, 6) is -1.11. The normalized spacial score (nSPS) is 10.6.